The number of aliphatic hydroxyl groups is 1. The fourth-order valence-corrected chi connectivity index (χ4v) is 0.965. The molecule has 1 aromatic rings. The first-order valence-corrected chi connectivity index (χ1v) is 4.05. The third kappa shape index (κ3) is 2.47. The van der Waals surface area contributed by atoms with Gasteiger partial charge in [-0.3, -0.25) is 4.98 Å². The summed E-state index contributed by atoms with van der Waals surface area (Å²) in [7, 11) is 0. The highest BCUT2D eigenvalue weighted by molar-refractivity contribution is 5.44. The summed E-state index contributed by atoms with van der Waals surface area (Å²) in [5.74, 6) is 0. The molecule has 0 saturated carbocycles. The Morgan fingerprint density at radius 3 is 2.83 bits per heavy atom. The molecule has 1 N–H and O–H groups in total. The van der Waals surface area contributed by atoms with Gasteiger partial charge in [0, 0.05) is 18.5 Å². The molecule has 0 aliphatic carbocycles. The van der Waals surface area contributed by atoms with Gasteiger partial charge in [0.05, 0.1) is 0 Å². The van der Waals surface area contributed by atoms with Gasteiger partial charge in [0.15, 0.2) is 0 Å². The Morgan fingerprint density at radius 1 is 1.50 bits per heavy atom. The Balaban J connectivity index is 2.58. The zero-order valence-electron chi connectivity index (χ0n) is 7.03. The van der Waals surface area contributed by atoms with Gasteiger partial charge in [-0.25, -0.2) is 0 Å². The number of aliphatic hydroxyl groups excluding tert-OH is 1. The lowest BCUT2D eigenvalue weighted by atomic mass is 10.2. The van der Waals surface area contributed by atoms with Crippen molar-refractivity contribution in [2.24, 2.45) is 0 Å². The predicted molar refractivity (Wildman–Crippen MR) is 49.7 cm³/mol. The normalized spacial score (nSPS) is 9.75. The summed E-state index contributed by atoms with van der Waals surface area (Å²) in [6.07, 6.45) is 5.18. The first-order chi connectivity index (χ1) is 5.86. The highest BCUT2D eigenvalue weighted by atomic mass is 16.2. The topological polar surface area (TPSA) is 33.1 Å². The Bertz CT molecular complexity index is 241. The summed E-state index contributed by atoms with van der Waals surface area (Å²) < 4.78 is 0. The summed E-state index contributed by atoms with van der Waals surface area (Å²) in [6, 6.07) is 3.94. The van der Waals surface area contributed by atoms with E-state index in [1.807, 2.05) is 12.1 Å². The highest BCUT2D eigenvalue weighted by Crippen LogP contribution is 2.03. The van der Waals surface area contributed by atoms with Gasteiger partial charge in [0.25, 0.3) is 0 Å². The Morgan fingerprint density at radius 2 is 2.33 bits per heavy atom. The third-order valence-corrected chi connectivity index (χ3v) is 1.67. The van der Waals surface area contributed by atoms with Crippen molar-refractivity contribution < 1.29 is 5.11 Å². The molecule has 0 fully saturated rings. The Kier molecular flexibility index (Phi) is 3.48. The molecule has 0 spiro atoms. The van der Waals surface area contributed by atoms with Crippen LogP contribution in [0.1, 0.15) is 17.7 Å². The zero-order chi connectivity index (χ0) is 8.81. The van der Waals surface area contributed by atoms with Crippen molar-refractivity contribution >= 4 is 6.08 Å². The summed E-state index contributed by atoms with van der Waals surface area (Å²) in [6.45, 7) is 3.87. The van der Waals surface area contributed by atoms with Crippen LogP contribution in [0.3, 0.4) is 0 Å². The minimum Gasteiger partial charge on any atom is -0.396 e. The van der Waals surface area contributed by atoms with Crippen molar-refractivity contribution in [3.63, 3.8) is 0 Å². The lowest BCUT2D eigenvalue weighted by molar-refractivity contribution is 0.288. The molecule has 1 rings (SSSR count). The third-order valence-electron chi connectivity index (χ3n) is 1.67. The summed E-state index contributed by atoms with van der Waals surface area (Å²) in [4.78, 5) is 4.20. The second-order valence-electron chi connectivity index (χ2n) is 2.61. The molecule has 0 atom stereocenters. The van der Waals surface area contributed by atoms with Crippen molar-refractivity contribution in [2.45, 2.75) is 12.8 Å². The van der Waals surface area contributed by atoms with Gasteiger partial charge in [-0.15, -0.1) is 0 Å². The van der Waals surface area contributed by atoms with Gasteiger partial charge >= 0.3 is 0 Å². The van der Waals surface area contributed by atoms with E-state index in [9.17, 15) is 0 Å². The first kappa shape index (κ1) is 8.94. The number of pyridine rings is 1. The van der Waals surface area contributed by atoms with Crippen molar-refractivity contribution in [3.05, 3.63) is 36.2 Å². The van der Waals surface area contributed by atoms with Crippen LogP contribution in [0, 0.1) is 0 Å². The van der Waals surface area contributed by atoms with Crippen LogP contribution in [-0.2, 0) is 6.42 Å². The van der Waals surface area contributed by atoms with E-state index in [1.54, 1.807) is 12.3 Å². The second kappa shape index (κ2) is 4.67. The fourth-order valence-electron chi connectivity index (χ4n) is 0.965. The summed E-state index contributed by atoms with van der Waals surface area (Å²) in [5.41, 5.74) is 2.05. The molecule has 0 aromatic carbocycles. The van der Waals surface area contributed by atoms with E-state index in [0.717, 1.165) is 24.1 Å². The molecule has 1 aromatic heterocycles. The maximum Gasteiger partial charge on any atom is 0.0434 e. The van der Waals surface area contributed by atoms with Crippen molar-refractivity contribution in [3.8, 4) is 0 Å². The van der Waals surface area contributed by atoms with E-state index in [4.69, 9.17) is 5.11 Å². The SMILES string of the molecule is C=Cc1ccc(CCCO)nc1. The van der Waals surface area contributed by atoms with Crippen LogP contribution < -0.4 is 0 Å². The van der Waals surface area contributed by atoms with Crippen molar-refractivity contribution in [1.29, 1.82) is 0 Å². The molecule has 2 heteroatoms. The number of hydrogen-bond acceptors (Lipinski definition) is 2. The van der Waals surface area contributed by atoms with Gasteiger partial charge in [-0.05, 0) is 24.5 Å². The molecule has 2 nitrogen and oxygen atoms in total. The van der Waals surface area contributed by atoms with E-state index in [1.165, 1.54) is 0 Å². The molecule has 0 radical (unpaired) electrons. The van der Waals surface area contributed by atoms with Gasteiger partial charge in [-0.1, -0.05) is 18.7 Å². The fraction of sp³-hybridized carbons (Fsp3) is 0.300. The Hall–Kier alpha value is -1.15. The van der Waals surface area contributed by atoms with Crippen LogP contribution >= 0.6 is 0 Å². The Labute approximate surface area is 72.6 Å². The van der Waals surface area contributed by atoms with Crippen LogP contribution in [0.2, 0.25) is 0 Å². The number of hydrogen-bond donors (Lipinski definition) is 1. The molecule has 0 unspecified atom stereocenters. The lowest BCUT2D eigenvalue weighted by Gasteiger charge is -1.98. The number of aryl methyl sites for hydroxylation is 1. The van der Waals surface area contributed by atoms with Gasteiger partial charge in [0.2, 0.25) is 0 Å². The monoisotopic (exact) mass is 163 g/mol. The molecular weight excluding hydrogens is 150 g/mol. The van der Waals surface area contributed by atoms with Crippen LogP contribution in [0.15, 0.2) is 24.9 Å². The second-order valence-corrected chi connectivity index (χ2v) is 2.61. The predicted octanol–water partition coefficient (Wildman–Crippen LogP) is 1.65. The minimum atomic E-state index is 0.227. The number of nitrogens with zero attached hydrogens (tertiary/aromatic N) is 1. The zero-order valence-corrected chi connectivity index (χ0v) is 7.03. The molecule has 12 heavy (non-hydrogen) atoms. The minimum absolute atomic E-state index is 0.227. The number of aromatic nitrogens is 1. The molecule has 0 amide bonds. The molecule has 0 bridgehead atoms. The smallest absolute Gasteiger partial charge is 0.0434 e. The van der Waals surface area contributed by atoms with E-state index in [2.05, 4.69) is 11.6 Å². The summed E-state index contributed by atoms with van der Waals surface area (Å²) >= 11 is 0. The average molecular weight is 163 g/mol. The maximum absolute atomic E-state index is 8.58. The van der Waals surface area contributed by atoms with Crippen LogP contribution in [0.4, 0.5) is 0 Å². The first-order valence-electron chi connectivity index (χ1n) is 4.05. The van der Waals surface area contributed by atoms with Crippen LogP contribution in [0.25, 0.3) is 6.08 Å². The lowest BCUT2D eigenvalue weighted by Crippen LogP contribution is -1.92. The molecule has 0 aliphatic heterocycles. The van der Waals surface area contributed by atoms with Gasteiger partial charge in [-0.2, -0.15) is 0 Å². The van der Waals surface area contributed by atoms with E-state index >= 15 is 0 Å². The summed E-state index contributed by atoms with van der Waals surface area (Å²) in [5, 5.41) is 8.58. The molecular formula is C10H13NO. The molecule has 0 aliphatic rings. The van der Waals surface area contributed by atoms with Gasteiger partial charge < -0.3 is 5.11 Å². The quantitative estimate of drug-likeness (QED) is 0.732. The van der Waals surface area contributed by atoms with Crippen molar-refractivity contribution in [1.82, 2.24) is 4.98 Å². The van der Waals surface area contributed by atoms with E-state index in [-0.39, 0.29) is 6.61 Å². The van der Waals surface area contributed by atoms with E-state index < -0.39 is 0 Å². The van der Waals surface area contributed by atoms with Crippen LogP contribution in [-0.4, -0.2) is 16.7 Å². The standard InChI is InChI=1S/C10H13NO/c1-2-9-5-6-10(11-8-9)4-3-7-12/h2,5-6,8,12H,1,3-4,7H2. The molecule has 64 valence electrons. The van der Waals surface area contributed by atoms with Crippen LogP contribution in [0.5, 0.6) is 0 Å². The molecule has 1 heterocycles. The highest BCUT2D eigenvalue weighted by Gasteiger charge is 1.92. The average Bonchev–Trinajstić information content (AvgIpc) is 2.15. The van der Waals surface area contributed by atoms with E-state index in [0.29, 0.717) is 0 Å². The maximum atomic E-state index is 8.58. The number of rotatable bonds is 4. The molecule has 0 saturated heterocycles. The van der Waals surface area contributed by atoms with Crippen molar-refractivity contribution in [2.75, 3.05) is 6.61 Å². The largest absolute Gasteiger partial charge is 0.396 e. The van der Waals surface area contributed by atoms with Gasteiger partial charge in [0.1, 0.15) is 0 Å².